The molecular weight excluding hydrogens is 604 g/mol. The number of pyridine rings is 1. The Labute approximate surface area is 270 Å². The minimum atomic E-state index is -1.01. The van der Waals surface area contributed by atoms with Crippen LogP contribution in [-0.2, 0) is 9.59 Å². The second kappa shape index (κ2) is 12.8. The summed E-state index contributed by atoms with van der Waals surface area (Å²) >= 11 is 1.27. The van der Waals surface area contributed by atoms with Gasteiger partial charge in [-0.25, -0.2) is 9.97 Å². The predicted molar refractivity (Wildman–Crippen MR) is 178 cm³/mol. The number of carbonyl (C=O) groups excluding carboxylic acids is 2. The molecule has 1 N–H and O–H groups in total. The van der Waals surface area contributed by atoms with Gasteiger partial charge in [-0.05, 0) is 81.1 Å². The highest BCUT2D eigenvalue weighted by molar-refractivity contribution is 7.22. The summed E-state index contributed by atoms with van der Waals surface area (Å²) in [5.74, 6) is 0.249. The lowest BCUT2D eigenvalue weighted by molar-refractivity contribution is -0.132. The number of imidazole rings is 1. The highest BCUT2D eigenvalue weighted by Gasteiger charge is 2.49. The molecule has 0 saturated carbocycles. The van der Waals surface area contributed by atoms with Crippen LogP contribution in [0.3, 0.4) is 0 Å². The summed E-state index contributed by atoms with van der Waals surface area (Å²) in [6.45, 7) is 11.2. The number of amides is 1. The smallest absolute Gasteiger partial charge is 0.301 e. The summed E-state index contributed by atoms with van der Waals surface area (Å²) in [4.78, 5) is 38.6. The molecule has 1 aliphatic heterocycles. The van der Waals surface area contributed by atoms with Crippen molar-refractivity contribution in [1.29, 1.82) is 0 Å². The Morgan fingerprint density at radius 2 is 1.78 bits per heavy atom. The molecule has 10 nitrogen and oxygen atoms in total. The van der Waals surface area contributed by atoms with Crippen molar-refractivity contribution in [2.75, 3.05) is 24.7 Å². The molecule has 1 unspecified atom stereocenters. The fourth-order valence-electron chi connectivity index (χ4n) is 5.61. The number of aryl methyl sites for hydroxylation is 1. The lowest BCUT2D eigenvalue weighted by Crippen LogP contribution is -2.29. The molecule has 0 aliphatic carbocycles. The van der Waals surface area contributed by atoms with Crippen LogP contribution in [0.5, 0.6) is 17.2 Å². The third-order valence-corrected chi connectivity index (χ3v) is 8.79. The lowest BCUT2D eigenvalue weighted by Gasteiger charge is -2.24. The van der Waals surface area contributed by atoms with Crippen LogP contribution in [0.1, 0.15) is 57.1 Å². The number of ketones is 1. The molecule has 2 aromatic carbocycles. The van der Waals surface area contributed by atoms with Gasteiger partial charge < -0.3 is 19.3 Å². The van der Waals surface area contributed by atoms with Crippen molar-refractivity contribution in [3.8, 4) is 17.2 Å². The zero-order valence-electron chi connectivity index (χ0n) is 26.4. The zero-order valence-corrected chi connectivity index (χ0v) is 27.3. The van der Waals surface area contributed by atoms with Crippen LogP contribution in [0, 0.1) is 12.8 Å². The molecule has 1 fully saturated rings. The fraction of sp³-hybridized carbons (Fsp3) is 0.314. The van der Waals surface area contributed by atoms with Crippen molar-refractivity contribution in [3.05, 3.63) is 83.3 Å². The molecule has 1 amide bonds. The molecule has 0 bridgehead atoms. The lowest BCUT2D eigenvalue weighted by atomic mass is 9.96. The molecule has 4 heterocycles. The number of thiazole rings is 1. The number of benzene rings is 2. The Morgan fingerprint density at radius 1 is 0.978 bits per heavy atom. The maximum absolute atomic E-state index is 14.0. The third-order valence-electron chi connectivity index (χ3n) is 7.77. The van der Waals surface area contributed by atoms with Gasteiger partial charge in [0.15, 0.2) is 22.4 Å². The Morgan fingerprint density at radius 3 is 2.54 bits per heavy atom. The minimum absolute atomic E-state index is 0.0658. The Balaban J connectivity index is 1.54. The van der Waals surface area contributed by atoms with E-state index in [1.165, 1.54) is 16.2 Å². The predicted octanol–water partition coefficient (Wildman–Crippen LogP) is 7.10. The van der Waals surface area contributed by atoms with Gasteiger partial charge in [-0.3, -0.25) is 18.9 Å². The molecule has 0 radical (unpaired) electrons. The molecule has 0 spiro atoms. The molecular formula is C35H36N4O6S. The number of Topliss-reactive ketones (excluding diaryl/α,β-unsaturated/α-hetero) is 1. The number of hydrogen-bond donors (Lipinski definition) is 1. The number of ether oxygens (including phenoxy) is 3. The van der Waals surface area contributed by atoms with Gasteiger partial charge in [-0.15, -0.1) is 0 Å². The Hall–Kier alpha value is -4.90. The van der Waals surface area contributed by atoms with E-state index in [-0.39, 0.29) is 11.3 Å². The summed E-state index contributed by atoms with van der Waals surface area (Å²) < 4.78 is 20.2. The van der Waals surface area contributed by atoms with E-state index in [1.807, 2.05) is 50.2 Å². The van der Waals surface area contributed by atoms with Gasteiger partial charge in [0.1, 0.15) is 17.1 Å². The standard InChI is InChI=1S/C35H36N4O6S/c1-6-43-23-12-13-24-27(19-23)46-35(37-24)39-31(22-11-14-25(26(18-22)44-7-2)45-17-15-20(3)4)29(33(41)34(39)42)32(40)30-21(5)36-28-10-8-9-16-38(28)30/h8-14,16,18-20,31,40H,6-7,15,17H2,1-5H3/b32-29+. The molecule has 11 heteroatoms. The summed E-state index contributed by atoms with van der Waals surface area (Å²) in [5.41, 5.74) is 2.60. The van der Waals surface area contributed by atoms with Gasteiger partial charge in [0.2, 0.25) is 0 Å². The first kappa shape index (κ1) is 31.1. The van der Waals surface area contributed by atoms with Crippen molar-refractivity contribution in [2.24, 2.45) is 5.92 Å². The summed E-state index contributed by atoms with van der Waals surface area (Å²) in [6.07, 6.45) is 2.63. The summed E-state index contributed by atoms with van der Waals surface area (Å²) in [7, 11) is 0. The maximum atomic E-state index is 14.0. The van der Waals surface area contributed by atoms with Crippen molar-refractivity contribution >= 4 is 49.8 Å². The average molecular weight is 641 g/mol. The van der Waals surface area contributed by atoms with Crippen LogP contribution in [0.15, 0.2) is 66.4 Å². The molecule has 5 aromatic rings. The highest BCUT2D eigenvalue weighted by atomic mass is 32.1. The number of anilines is 1. The van der Waals surface area contributed by atoms with Gasteiger partial charge in [0, 0.05) is 6.20 Å². The molecule has 238 valence electrons. The SMILES string of the molecule is CCOc1ccc2nc(N3C(=O)C(=O)/C(=C(/O)c4c(C)nc5ccccn45)C3c3ccc(OCCC(C)C)c(OCC)c3)sc2c1. The van der Waals surface area contributed by atoms with E-state index < -0.39 is 17.7 Å². The van der Waals surface area contributed by atoms with Crippen LogP contribution in [0.4, 0.5) is 5.13 Å². The number of hydrogen-bond acceptors (Lipinski definition) is 9. The number of nitrogens with zero attached hydrogens (tertiary/aromatic N) is 4. The van der Waals surface area contributed by atoms with Gasteiger partial charge >= 0.3 is 5.91 Å². The van der Waals surface area contributed by atoms with E-state index in [0.29, 0.717) is 76.2 Å². The van der Waals surface area contributed by atoms with E-state index in [4.69, 9.17) is 19.2 Å². The van der Waals surface area contributed by atoms with E-state index in [9.17, 15) is 14.7 Å². The monoisotopic (exact) mass is 640 g/mol. The molecule has 1 aliphatic rings. The molecule has 3 aromatic heterocycles. The first-order valence-corrected chi connectivity index (χ1v) is 16.2. The van der Waals surface area contributed by atoms with Crippen LogP contribution in [0.25, 0.3) is 21.6 Å². The van der Waals surface area contributed by atoms with Gasteiger partial charge in [-0.1, -0.05) is 37.3 Å². The van der Waals surface area contributed by atoms with Crippen LogP contribution in [-0.4, -0.2) is 51.0 Å². The molecule has 1 saturated heterocycles. The Bertz CT molecular complexity index is 1980. The number of aliphatic hydroxyl groups is 1. The van der Waals surface area contributed by atoms with E-state index in [1.54, 1.807) is 35.7 Å². The van der Waals surface area contributed by atoms with Crippen molar-refractivity contribution in [3.63, 3.8) is 0 Å². The van der Waals surface area contributed by atoms with Crippen molar-refractivity contribution in [1.82, 2.24) is 14.4 Å². The van der Waals surface area contributed by atoms with E-state index >= 15 is 0 Å². The average Bonchev–Trinajstić information content (AvgIpc) is 3.68. The normalized spacial score (nSPS) is 16.2. The molecule has 6 rings (SSSR count). The largest absolute Gasteiger partial charge is 0.505 e. The summed E-state index contributed by atoms with van der Waals surface area (Å²) in [5, 5.41) is 12.3. The number of rotatable bonds is 11. The fourth-order valence-corrected chi connectivity index (χ4v) is 6.63. The number of fused-ring (bicyclic) bond motifs is 2. The number of carbonyl (C=O) groups is 2. The van der Waals surface area contributed by atoms with Crippen LogP contribution < -0.4 is 19.1 Å². The van der Waals surface area contributed by atoms with E-state index in [0.717, 1.165) is 11.1 Å². The molecule has 46 heavy (non-hydrogen) atoms. The molecule has 1 atom stereocenters. The second-order valence-corrected chi connectivity index (χ2v) is 12.4. The van der Waals surface area contributed by atoms with Gasteiger partial charge in [-0.2, -0.15) is 0 Å². The van der Waals surface area contributed by atoms with E-state index in [2.05, 4.69) is 18.8 Å². The topological polar surface area (TPSA) is 115 Å². The summed E-state index contributed by atoms with van der Waals surface area (Å²) in [6, 6.07) is 15.3. The van der Waals surface area contributed by atoms with Crippen molar-refractivity contribution < 1.29 is 28.9 Å². The number of aliphatic hydroxyl groups excluding tert-OH is 1. The quantitative estimate of drug-likeness (QED) is 0.0924. The Kier molecular flexibility index (Phi) is 8.68. The van der Waals surface area contributed by atoms with Crippen molar-refractivity contribution in [2.45, 2.75) is 47.1 Å². The van der Waals surface area contributed by atoms with Gasteiger partial charge in [0.05, 0.1) is 47.3 Å². The maximum Gasteiger partial charge on any atom is 0.301 e. The second-order valence-electron chi connectivity index (χ2n) is 11.4. The highest BCUT2D eigenvalue weighted by Crippen LogP contribution is 2.46. The first-order valence-electron chi connectivity index (χ1n) is 15.4. The number of aromatic nitrogens is 3. The van der Waals surface area contributed by atoms with Gasteiger partial charge in [0.25, 0.3) is 5.78 Å². The first-order chi connectivity index (χ1) is 22.2. The van der Waals surface area contributed by atoms with Crippen LogP contribution >= 0.6 is 11.3 Å². The minimum Gasteiger partial charge on any atom is -0.505 e. The van der Waals surface area contributed by atoms with Crippen LogP contribution in [0.2, 0.25) is 0 Å². The third kappa shape index (κ3) is 5.66. The zero-order chi connectivity index (χ0) is 32.5.